The molecule has 0 aromatic heterocycles. The van der Waals surface area contributed by atoms with Crippen molar-refractivity contribution in [1.29, 1.82) is 0 Å². The van der Waals surface area contributed by atoms with Crippen LogP contribution in [0.1, 0.15) is 5.56 Å². The van der Waals surface area contributed by atoms with Crippen molar-refractivity contribution in [3.8, 4) is 0 Å². The van der Waals surface area contributed by atoms with Gasteiger partial charge in [-0.3, -0.25) is 0 Å². The second-order valence-corrected chi connectivity index (χ2v) is 16.4. The van der Waals surface area contributed by atoms with E-state index in [0.29, 0.717) is 0 Å². The van der Waals surface area contributed by atoms with Crippen LogP contribution in [0.4, 0.5) is 0 Å². The maximum Gasteiger partial charge on any atom is 0.158 e. The SMILES string of the molecule is BrC(Br)(Br)C(Br)(c1ccccc1)P(c1ccccc1)c1ccccc1. The summed E-state index contributed by atoms with van der Waals surface area (Å²) >= 11 is 15.6. The molecule has 0 nitrogen and oxygen atoms in total. The Hall–Kier alpha value is 0.0100. The second-order valence-electron chi connectivity index (χ2n) is 5.49. The van der Waals surface area contributed by atoms with Crippen LogP contribution < -0.4 is 10.6 Å². The van der Waals surface area contributed by atoms with Gasteiger partial charge in [0.1, 0.15) is 4.07 Å². The van der Waals surface area contributed by atoms with E-state index in [1.165, 1.54) is 16.2 Å². The molecule has 1 atom stereocenters. The smallest absolute Gasteiger partial charge is 0.0708 e. The van der Waals surface area contributed by atoms with Crippen molar-refractivity contribution < 1.29 is 0 Å². The quantitative estimate of drug-likeness (QED) is 0.218. The molecule has 0 saturated heterocycles. The first-order valence-electron chi connectivity index (χ1n) is 7.66. The molecular weight excluding hydrogens is 591 g/mol. The van der Waals surface area contributed by atoms with Crippen molar-refractivity contribution in [2.75, 3.05) is 0 Å². The average Bonchev–Trinajstić information content (AvgIpc) is 2.63. The third-order valence-corrected chi connectivity index (χ3v) is 13.1. The monoisotopic (exact) mass is 602 g/mol. The summed E-state index contributed by atoms with van der Waals surface area (Å²) in [6, 6.07) is 31.9. The molecule has 3 rings (SSSR count). The summed E-state index contributed by atoms with van der Waals surface area (Å²) in [5.74, 6) is 0. The van der Waals surface area contributed by atoms with E-state index in [2.05, 4.69) is 149 Å². The van der Waals surface area contributed by atoms with Crippen molar-refractivity contribution in [2.24, 2.45) is 0 Å². The summed E-state index contributed by atoms with van der Waals surface area (Å²) in [5, 5.41) is 2.60. The van der Waals surface area contributed by atoms with E-state index < -0.39 is 14.1 Å². The fourth-order valence-electron chi connectivity index (χ4n) is 2.74. The lowest BCUT2D eigenvalue weighted by Gasteiger charge is -2.43. The van der Waals surface area contributed by atoms with Crippen molar-refractivity contribution >= 4 is 82.3 Å². The van der Waals surface area contributed by atoms with Gasteiger partial charge in [0.25, 0.3) is 0 Å². The van der Waals surface area contributed by atoms with E-state index in [4.69, 9.17) is 0 Å². The molecule has 0 bridgehead atoms. The lowest BCUT2D eigenvalue weighted by atomic mass is 10.2. The Morgan fingerprint density at radius 2 is 0.880 bits per heavy atom. The van der Waals surface area contributed by atoms with E-state index in [1.807, 2.05) is 6.07 Å². The van der Waals surface area contributed by atoms with Gasteiger partial charge in [0.05, 0.1) is 0 Å². The zero-order chi connectivity index (χ0) is 17.9. The van der Waals surface area contributed by atoms with Crippen LogP contribution in [0.3, 0.4) is 0 Å². The van der Waals surface area contributed by atoms with Crippen molar-refractivity contribution in [3.05, 3.63) is 96.6 Å². The van der Waals surface area contributed by atoms with Gasteiger partial charge in [-0.25, -0.2) is 0 Å². The fraction of sp³-hybridized carbons (Fsp3) is 0.100. The first-order chi connectivity index (χ1) is 11.9. The minimum Gasteiger partial charge on any atom is -0.0708 e. The molecule has 3 aromatic rings. The first kappa shape index (κ1) is 19.8. The van der Waals surface area contributed by atoms with Crippen molar-refractivity contribution in [2.45, 2.75) is 6.21 Å². The molecule has 0 amide bonds. The predicted molar refractivity (Wildman–Crippen MR) is 126 cm³/mol. The molecule has 25 heavy (non-hydrogen) atoms. The topological polar surface area (TPSA) is 0 Å². The minimum absolute atomic E-state index is 0.417. The Kier molecular flexibility index (Phi) is 6.60. The maximum absolute atomic E-state index is 4.14. The van der Waals surface area contributed by atoms with Crippen LogP contribution in [0.2, 0.25) is 0 Å². The third kappa shape index (κ3) is 4.14. The molecule has 0 N–H and O–H groups in total. The van der Waals surface area contributed by atoms with Crippen LogP contribution in [0.25, 0.3) is 0 Å². The Balaban J connectivity index is 2.29. The molecule has 3 aromatic carbocycles. The Morgan fingerprint density at radius 3 is 1.24 bits per heavy atom. The molecule has 0 aliphatic heterocycles. The zero-order valence-electron chi connectivity index (χ0n) is 13.1. The number of halogens is 4. The highest BCUT2D eigenvalue weighted by Gasteiger charge is 2.53. The van der Waals surface area contributed by atoms with Gasteiger partial charge in [0.2, 0.25) is 0 Å². The van der Waals surface area contributed by atoms with E-state index in [-0.39, 0.29) is 0 Å². The molecule has 128 valence electrons. The highest BCUT2D eigenvalue weighted by atomic mass is 80.0. The third-order valence-electron chi connectivity index (χ3n) is 3.87. The molecule has 0 saturated carbocycles. The normalized spacial score (nSPS) is 14.3. The molecule has 1 unspecified atom stereocenters. The van der Waals surface area contributed by atoms with Gasteiger partial charge in [0.15, 0.2) is 2.14 Å². The maximum atomic E-state index is 4.14. The summed E-state index contributed by atoms with van der Waals surface area (Å²) in [6.45, 7) is 0. The van der Waals surface area contributed by atoms with Gasteiger partial charge in [-0.15, -0.1) is 0 Å². The molecule has 0 aliphatic carbocycles. The number of benzene rings is 3. The lowest BCUT2D eigenvalue weighted by Crippen LogP contribution is -2.37. The van der Waals surface area contributed by atoms with Crippen LogP contribution >= 0.6 is 71.6 Å². The Morgan fingerprint density at radius 1 is 0.520 bits per heavy atom. The second kappa shape index (κ2) is 8.35. The van der Waals surface area contributed by atoms with Gasteiger partial charge < -0.3 is 0 Å². The van der Waals surface area contributed by atoms with Crippen LogP contribution in [-0.2, 0) is 4.07 Å². The van der Waals surface area contributed by atoms with Gasteiger partial charge in [-0.2, -0.15) is 0 Å². The molecule has 0 fully saturated rings. The number of rotatable bonds is 4. The van der Waals surface area contributed by atoms with Crippen LogP contribution in [0, 0.1) is 0 Å². The van der Waals surface area contributed by atoms with Crippen LogP contribution in [0.15, 0.2) is 91.0 Å². The van der Waals surface area contributed by atoms with Crippen LogP contribution in [0.5, 0.6) is 0 Å². The average molecular weight is 606 g/mol. The zero-order valence-corrected chi connectivity index (χ0v) is 20.4. The summed E-state index contributed by atoms with van der Waals surface area (Å²) in [5.41, 5.74) is 1.19. The van der Waals surface area contributed by atoms with E-state index >= 15 is 0 Å². The summed E-state index contributed by atoms with van der Waals surface area (Å²) < 4.78 is -0.946. The molecule has 0 radical (unpaired) electrons. The lowest BCUT2D eigenvalue weighted by molar-refractivity contribution is 0.986. The highest BCUT2D eigenvalue weighted by Crippen LogP contribution is 2.70. The largest absolute Gasteiger partial charge is 0.158 e. The van der Waals surface area contributed by atoms with Gasteiger partial charge in [-0.1, -0.05) is 155 Å². The Bertz CT molecular complexity index is 764. The number of hydrogen-bond donors (Lipinski definition) is 0. The van der Waals surface area contributed by atoms with E-state index in [9.17, 15) is 0 Å². The first-order valence-corrected chi connectivity index (χ1v) is 12.2. The standard InChI is InChI=1S/C20H15Br4P/c21-19(20(22,23)24,16-10-4-1-5-11-16)25(17-12-6-2-7-13-17)18-14-8-3-9-15-18/h1-15H. The van der Waals surface area contributed by atoms with E-state index in [0.717, 1.165) is 0 Å². The van der Waals surface area contributed by atoms with Crippen molar-refractivity contribution in [3.63, 3.8) is 0 Å². The van der Waals surface area contributed by atoms with Gasteiger partial charge in [0, 0.05) is 0 Å². The molecule has 0 spiro atoms. The summed E-state index contributed by atoms with van der Waals surface area (Å²) in [7, 11) is -0.785. The summed E-state index contributed by atoms with van der Waals surface area (Å²) in [4.78, 5) is 0. The minimum atomic E-state index is -0.785. The summed E-state index contributed by atoms with van der Waals surface area (Å²) in [6.07, 6.45) is 0. The highest BCUT2D eigenvalue weighted by molar-refractivity contribution is 9.40. The number of hydrogen-bond acceptors (Lipinski definition) is 0. The van der Waals surface area contributed by atoms with Gasteiger partial charge in [-0.05, 0) is 24.1 Å². The number of alkyl halides is 4. The molecule has 0 aliphatic rings. The van der Waals surface area contributed by atoms with Crippen molar-refractivity contribution in [1.82, 2.24) is 0 Å². The fourth-order valence-corrected chi connectivity index (χ4v) is 9.12. The molecular formula is C20H15Br4P. The van der Waals surface area contributed by atoms with Gasteiger partial charge >= 0.3 is 0 Å². The van der Waals surface area contributed by atoms with E-state index in [1.54, 1.807) is 0 Å². The molecule has 0 heterocycles. The van der Waals surface area contributed by atoms with Crippen LogP contribution in [-0.4, -0.2) is 2.14 Å². The predicted octanol–water partition coefficient (Wildman–Crippen LogP) is 7.21. The molecule has 5 heteroatoms. The Labute approximate surface area is 183 Å².